The summed E-state index contributed by atoms with van der Waals surface area (Å²) in [6.07, 6.45) is 2.45. The van der Waals surface area contributed by atoms with Crippen LogP contribution in [-0.4, -0.2) is 30.2 Å². The van der Waals surface area contributed by atoms with Gasteiger partial charge in [0.1, 0.15) is 6.04 Å². The molecule has 0 aromatic heterocycles. The predicted octanol–water partition coefficient (Wildman–Crippen LogP) is -0.503. The van der Waals surface area contributed by atoms with Crippen molar-refractivity contribution >= 4 is 5.91 Å². The van der Waals surface area contributed by atoms with Crippen molar-refractivity contribution in [2.24, 2.45) is 11.7 Å². The summed E-state index contributed by atoms with van der Waals surface area (Å²) in [5.41, 5.74) is 5.45. The van der Waals surface area contributed by atoms with Crippen LogP contribution < -0.4 is 5.73 Å². The lowest BCUT2D eigenvalue weighted by molar-refractivity contribution is -0.162. The molecule has 4 heteroatoms. The molecule has 2 N–H and O–H groups in total. The van der Waals surface area contributed by atoms with Gasteiger partial charge in [0, 0.05) is 0 Å². The minimum Gasteiger partial charge on any atom is -0.318 e. The molecule has 1 atom stereocenters. The van der Waals surface area contributed by atoms with E-state index in [1.807, 2.05) is 0 Å². The molecule has 1 heterocycles. The van der Waals surface area contributed by atoms with Gasteiger partial charge in [-0.05, 0) is 18.8 Å². The Balaban J connectivity index is 1.88. The molecule has 0 radical (unpaired) electrons. The Morgan fingerprint density at radius 2 is 2.36 bits per heavy atom. The van der Waals surface area contributed by atoms with Gasteiger partial charge in [-0.25, -0.2) is 5.06 Å². The van der Waals surface area contributed by atoms with Crippen LogP contribution in [0.4, 0.5) is 0 Å². The van der Waals surface area contributed by atoms with Gasteiger partial charge in [0.15, 0.2) is 0 Å². The minimum atomic E-state index is -0.422. The Morgan fingerprint density at radius 1 is 1.64 bits per heavy atom. The standard InChI is InChI=1S/C7H12N2O2/c8-6-4-11-9(7(6)10)3-5-1-2-5/h5-6H,1-4,8H2. The smallest absolute Gasteiger partial charge is 0.265 e. The van der Waals surface area contributed by atoms with Crippen LogP contribution in [0.15, 0.2) is 0 Å². The Hall–Kier alpha value is -0.610. The topological polar surface area (TPSA) is 55.6 Å². The summed E-state index contributed by atoms with van der Waals surface area (Å²) in [4.78, 5) is 16.2. The molecule has 0 bridgehead atoms. The van der Waals surface area contributed by atoms with Gasteiger partial charge >= 0.3 is 0 Å². The monoisotopic (exact) mass is 156 g/mol. The second-order valence-corrected chi connectivity index (χ2v) is 3.24. The molecule has 62 valence electrons. The quantitative estimate of drug-likeness (QED) is 0.586. The number of nitrogens with two attached hydrogens (primary N) is 1. The third-order valence-corrected chi connectivity index (χ3v) is 2.09. The fraction of sp³-hybridized carbons (Fsp3) is 0.857. The van der Waals surface area contributed by atoms with Gasteiger partial charge in [0.25, 0.3) is 5.91 Å². The maximum absolute atomic E-state index is 11.1. The van der Waals surface area contributed by atoms with Crippen molar-refractivity contribution in [3.05, 3.63) is 0 Å². The molecule has 2 rings (SSSR count). The van der Waals surface area contributed by atoms with Gasteiger partial charge in [0.2, 0.25) is 0 Å². The van der Waals surface area contributed by atoms with Crippen LogP contribution in [0.3, 0.4) is 0 Å². The number of hydrogen-bond acceptors (Lipinski definition) is 3. The third-order valence-electron chi connectivity index (χ3n) is 2.09. The first kappa shape index (κ1) is 7.06. The molecule has 11 heavy (non-hydrogen) atoms. The summed E-state index contributed by atoms with van der Waals surface area (Å²) in [5.74, 6) is 0.612. The van der Waals surface area contributed by atoms with E-state index in [4.69, 9.17) is 10.6 Å². The van der Waals surface area contributed by atoms with E-state index in [2.05, 4.69) is 0 Å². The maximum atomic E-state index is 11.1. The number of hydrogen-bond donors (Lipinski definition) is 1. The Morgan fingerprint density at radius 3 is 2.82 bits per heavy atom. The fourth-order valence-corrected chi connectivity index (χ4v) is 1.17. The van der Waals surface area contributed by atoms with Crippen LogP contribution in [0, 0.1) is 5.92 Å². The van der Waals surface area contributed by atoms with Crippen LogP contribution in [0.5, 0.6) is 0 Å². The molecular weight excluding hydrogens is 144 g/mol. The fourth-order valence-electron chi connectivity index (χ4n) is 1.17. The normalized spacial score (nSPS) is 31.5. The summed E-state index contributed by atoms with van der Waals surface area (Å²) >= 11 is 0. The van der Waals surface area contributed by atoms with Crippen LogP contribution in [0.25, 0.3) is 0 Å². The largest absolute Gasteiger partial charge is 0.318 e. The van der Waals surface area contributed by atoms with Gasteiger partial charge in [-0.1, -0.05) is 0 Å². The molecule has 0 aromatic carbocycles. The number of nitrogens with zero attached hydrogens (tertiary/aromatic N) is 1. The molecule has 0 aromatic rings. The third kappa shape index (κ3) is 1.36. The van der Waals surface area contributed by atoms with Crippen LogP contribution in [0.1, 0.15) is 12.8 Å². The molecule has 0 spiro atoms. The number of hydroxylamine groups is 2. The summed E-state index contributed by atoms with van der Waals surface area (Å²) < 4.78 is 0. The molecule has 1 unspecified atom stereocenters. The Kier molecular flexibility index (Phi) is 1.58. The van der Waals surface area contributed by atoms with Crippen molar-refractivity contribution in [2.75, 3.05) is 13.2 Å². The van der Waals surface area contributed by atoms with Crippen molar-refractivity contribution in [1.29, 1.82) is 0 Å². The van der Waals surface area contributed by atoms with Crippen LogP contribution in [-0.2, 0) is 9.63 Å². The number of carbonyl (C=O) groups is 1. The van der Waals surface area contributed by atoms with Crippen molar-refractivity contribution in [2.45, 2.75) is 18.9 Å². The van der Waals surface area contributed by atoms with Gasteiger partial charge < -0.3 is 5.73 Å². The summed E-state index contributed by atoms with van der Waals surface area (Å²) in [5, 5.41) is 1.42. The molecule has 2 fully saturated rings. The summed E-state index contributed by atoms with van der Waals surface area (Å²) in [7, 11) is 0. The SMILES string of the molecule is NC1CON(CC2CC2)C1=O. The molecule has 4 nitrogen and oxygen atoms in total. The lowest BCUT2D eigenvalue weighted by Gasteiger charge is -2.12. The first-order valence-electron chi connectivity index (χ1n) is 3.97. The van der Waals surface area contributed by atoms with Crippen LogP contribution >= 0.6 is 0 Å². The highest BCUT2D eigenvalue weighted by molar-refractivity contribution is 5.82. The molecular formula is C7H12N2O2. The molecule has 1 saturated heterocycles. The number of carbonyl (C=O) groups excluding carboxylic acids is 1. The van der Waals surface area contributed by atoms with Crippen molar-refractivity contribution in [3.63, 3.8) is 0 Å². The van der Waals surface area contributed by atoms with E-state index >= 15 is 0 Å². The number of rotatable bonds is 2. The lowest BCUT2D eigenvalue weighted by atomic mass is 10.3. The Bertz CT molecular complexity index is 179. The van der Waals surface area contributed by atoms with E-state index in [0.717, 1.165) is 6.54 Å². The van der Waals surface area contributed by atoms with E-state index in [0.29, 0.717) is 12.5 Å². The first-order chi connectivity index (χ1) is 5.27. The molecule has 1 amide bonds. The molecule has 1 saturated carbocycles. The Labute approximate surface area is 65.2 Å². The maximum Gasteiger partial charge on any atom is 0.265 e. The molecule has 2 aliphatic rings. The predicted molar refractivity (Wildman–Crippen MR) is 38.4 cm³/mol. The molecule has 1 aliphatic heterocycles. The second-order valence-electron chi connectivity index (χ2n) is 3.24. The van der Waals surface area contributed by atoms with Gasteiger partial charge in [-0.2, -0.15) is 0 Å². The minimum absolute atomic E-state index is 0.0584. The van der Waals surface area contributed by atoms with Crippen molar-refractivity contribution in [3.8, 4) is 0 Å². The average Bonchev–Trinajstić information content (AvgIpc) is 2.74. The second kappa shape index (κ2) is 2.46. The van der Waals surface area contributed by atoms with Crippen molar-refractivity contribution in [1.82, 2.24) is 5.06 Å². The summed E-state index contributed by atoms with van der Waals surface area (Å²) in [6, 6.07) is -0.422. The first-order valence-corrected chi connectivity index (χ1v) is 3.97. The zero-order valence-electron chi connectivity index (χ0n) is 6.32. The van der Waals surface area contributed by atoms with Gasteiger partial charge in [-0.15, -0.1) is 0 Å². The average molecular weight is 156 g/mol. The van der Waals surface area contributed by atoms with Gasteiger partial charge in [-0.3, -0.25) is 9.63 Å². The highest BCUT2D eigenvalue weighted by atomic mass is 16.7. The van der Waals surface area contributed by atoms with Crippen molar-refractivity contribution < 1.29 is 9.63 Å². The van der Waals surface area contributed by atoms with Crippen LogP contribution in [0.2, 0.25) is 0 Å². The van der Waals surface area contributed by atoms with E-state index in [1.54, 1.807) is 0 Å². The lowest BCUT2D eigenvalue weighted by Crippen LogP contribution is -2.35. The highest BCUT2D eigenvalue weighted by Crippen LogP contribution is 2.30. The molecule has 1 aliphatic carbocycles. The van der Waals surface area contributed by atoms with E-state index in [1.165, 1.54) is 17.9 Å². The zero-order chi connectivity index (χ0) is 7.84. The summed E-state index contributed by atoms with van der Waals surface area (Å²) in [6.45, 7) is 1.10. The van der Waals surface area contributed by atoms with Gasteiger partial charge in [0.05, 0.1) is 13.2 Å². The van der Waals surface area contributed by atoms with E-state index in [-0.39, 0.29) is 5.91 Å². The van der Waals surface area contributed by atoms with E-state index < -0.39 is 6.04 Å². The highest BCUT2D eigenvalue weighted by Gasteiger charge is 2.34. The number of amides is 1. The van der Waals surface area contributed by atoms with E-state index in [9.17, 15) is 4.79 Å². The zero-order valence-corrected chi connectivity index (χ0v) is 6.32.